The summed E-state index contributed by atoms with van der Waals surface area (Å²) < 4.78 is 2.16. The van der Waals surface area contributed by atoms with Gasteiger partial charge in [0.15, 0.2) is 0 Å². The number of likely N-dealkylation sites (tertiary alicyclic amines) is 1. The zero-order chi connectivity index (χ0) is 17.4. The minimum absolute atomic E-state index is 0.328. The van der Waals surface area contributed by atoms with Gasteiger partial charge in [0.2, 0.25) is 0 Å². The van der Waals surface area contributed by atoms with Crippen LogP contribution >= 0.6 is 11.6 Å². The van der Waals surface area contributed by atoms with Gasteiger partial charge in [0.1, 0.15) is 0 Å². The van der Waals surface area contributed by atoms with E-state index in [4.69, 9.17) is 17.3 Å². The van der Waals surface area contributed by atoms with Gasteiger partial charge in [-0.3, -0.25) is 4.98 Å². The molecular formula is C19H19ClN4O. The van der Waals surface area contributed by atoms with Crippen LogP contribution in [0.25, 0.3) is 16.6 Å². The van der Waals surface area contributed by atoms with Crippen LogP contribution in [0.15, 0.2) is 48.9 Å². The van der Waals surface area contributed by atoms with Crippen LogP contribution in [0, 0.1) is 0 Å². The predicted octanol–water partition coefficient (Wildman–Crippen LogP) is 3.94. The second kappa shape index (κ2) is 6.41. The Morgan fingerprint density at radius 2 is 1.88 bits per heavy atom. The summed E-state index contributed by atoms with van der Waals surface area (Å²) in [5.74, 6) is 0.411. The Hall–Kier alpha value is -2.53. The van der Waals surface area contributed by atoms with Crippen LogP contribution in [0.3, 0.4) is 0 Å². The van der Waals surface area contributed by atoms with Crippen molar-refractivity contribution < 1.29 is 4.79 Å². The summed E-state index contributed by atoms with van der Waals surface area (Å²) in [5, 5.41) is 1.93. The van der Waals surface area contributed by atoms with Crippen molar-refractivity contribution in [3.8, 4) is 5.69 Å². The average molecular weight is 355 g/mol. The number of carbonyl (C=O) groups excluding carboxylic acids is 1. The topological polar surface area (TPSA) is 64.2 Å². The smallest absolute Gasteiger partial charge is 0.314 e. The molecule has 6 heteroatoms. The average Bonchev–Trinajstić information content (AvgIpc) is 3.02. The molecule has 5 nitrogen and oxygen atoms in total. The Balaban J connectivity index is 1.73. The van der Waals surface area contributed by atoms with Crippen molar-refractivity contribution in [3.63, 3.8) is 0 Å². The first-order valence-electron chi connectivity index (χ1n) is 8.39. The zero-order valence-electron chi connectivity index (χ0n) is 13.7. The highest BCUT2D eigenvalue weighted by Gasteiger charge is 2.25. The molecule has 3 heterocycles. The van der Waals surface area contributed by atoms with Gasteiger partial charge in [-0.1, -0.05) is 11.6 Å². The number of amides is 2. The van der Waals surface area contributed by atoms with Crippen LogP contribution in [0.1, 0.15) is 24.3 Å². The number of aromatic nitrogens is 2. The Morgan fingerprint density at radius 1 is 1.16 bits per heavy atom. The van der Waals surface area contributed by atoms with Gasteiger partial charge in [0.25, 0.3) is 0 Å². The molecule has 0 spiro atoms. The lowest BCUT2D eigenvalue weighted by molar-refractivity contribution is 0.191. The molecule has 2 aromatic heterocycles. The van der Waals surface area contributed by atoms with E-state index < -0.39 is 0 Å². The fourth-order valence-electron chi connectivity index (χ4n) is 3.65. The number of nitrogens with two attached hydrogens (primary N) is 1. The van der Waals surface area contributed by atoms with Crippen molar-refractivity contribution in [3.05, 3.63) is 59.5 Å². The fraction of sp³-hybridized carbons (Fsp3) is 0.263. The third kappa shape index (κ3) is 2.96. The number of fused-ring (bicyclic) bond motifs is 1. The highest BCUT2D eigenvalue weighted by Crippen LogP contribution is 2.35. The summed E-state index contributed by atoms with van der Waals surface area (Å²) in [5.41, 5.74) is 8.84. The molecule has 4 rings (SSSR count). The summed E-state index contributed by atoms with van der Waals surface area (Å²) in [7, 11) is 0. The number of carbonyl (C=O) groups is 1. The third-order valence-electron chi connectivity index (χ3n) is 4.99. The van der Waals surface area contributed by atoms with E-state index in [0.717, 1.165) is 29.1 Å². The lowest BCUT2D eigenvalue weighted by atomic mass is 9.89. The molecule has 0 unspecified atom stereocenters. The summed E-state index contributed by atoms with van der Waals surface area (Å²) in [6, 6.07) is 9.54. The van der Waals surface area contributed by atoms with Crippen molar-refractivity contribution >= 4 is 28.5 Å². The molecule has 2 N–H and O–H groups in total. The van der Waals surface area contributed by atoms with Gasteiger partial charge >= 0.3 is 6.03 Å². The highest BCUT2D eigenvalue weighted by atomic mass is 35.5. The SMILES string of the molecule is NC(=O)N1CCC(c2cn(-c3ccc(Cl)cc3)c3cnccc23)CC1. The van der Waals surface area contributed by atoms with Crippen molar-refractivity contribution in [1.82, 2.24) is 14.5 Å². The number of rotatable bonds is 2. The van der Waals surface area contributed by atoms with Crippen molar-refractivity contribution in [2.45, 2.75) is 18.8 Å². The maximum atomic E-state index is 11.4. The molecule has 1 aliphatic heterocycles. The van der Waals surface area contributed by atoms with Gasteiger partial charge < -0.3 is 15.2 Å². The molecule has 1 aromatic carbocycles. The van der Waals surface area contributed by atoms with E-state index in [1.807, 2.05) is 36.7 Å². The molecule has 1 aliphatic rings. The number of nitrogens with zero attached hydrogens (tertiary/aromatic N) is 3. The largest absolute Gasteiger partial charge is 0.351 e. The van der Waals surface area contributed by atoms with E-state index in [1.54, 1.807) is 4.90 Å². The van der Waals surface area contributed by atoms with E-state index in [-0.39, 0.29) is 6.03 Å². The fourth-order valence-corrected chi connectivity index (χ4v) is 3.78. The number of primary amides is 1. The summed E-state index contributed by atoms with van der Waals surface area (Å²) in [6.45, 7) is 1.41. The Bertz CT molecular complexity index is 911. The van der Waals surface area contributed by atoms with Crippen LogP contribution in [-0.4, -0.2) is 33.6 Å². The van der Waals surface area contributed by atoms with Crippen molar-refractivity contribution in [2.24, 2.45) is 5.73 Å². The molecule has 0 saturated carbocycles. The van der Waals surface area contributed by atoms with Gasteiger partial charge in [0.05, 0.1) is 11.7 Å². The lowest BCUT2D eigenvalue weighted by Gasteiger charge is -2.30. The number of hydrogen-bond donors (Lipinski definition) is 1. The van der Waals surface area contributed by atoms with E-state index in [9.17, 15) is 4.79 Å². The number of pyridine rings is 1. The Labute approximate surface area is 151 Å². The van der Waals surface area contributed by atoms with Gasteiger partial charge in [-0.25, -0.2) is 4.79 Å². The first-order valence-corrected chi connectivity index (χ1v) is 8.76. The van der Waals surface area contributed by atoms with Crippen molar-refractivity contribution in [2.75, 3.05) is 13.1 Å². The van der Waals surface area contributed by atoms with Crippen LogP contribution in [0.4, 0.5) is 4.79 Å². The standard InChI is InChI=1S/C19H19ClN4O/c20-14-1-3-15(4-2-14)24-12-17(16-5-8-22-11-18(16)24)13-6-9-23(10-7-13)19(21)25/h1-5,8,11-13H,6-7,9-10H2,(H2,21,25). The maximum Gasteiger partial charge on any atom is 0.314 e. The number of hydrogen-bond acceptors (Lipinski definition) is 2. The predicted molar refractivity (Wildman–Crippen MR) is 99.2 cm³/mol. The molecule has 1 fully saturated rings. The van der Waals surface area contributed by atoms with E-state index >= 15 is 0 Å². The number of urea groups is 1. The molecule has 3 aromatic rings. The maximum absolute atomic E-state index is 11.4. The van der Waals surface area contributed by atoms with E-state index in [1.165, 1.54) is 10.9 Å². The highest BCUT2D eigenvalue weighted by molar-refractivity contribution is 6.30. The first kappa shape index (κ1) is 16.0. The van der Waals surface area contributed by atoms with Crippen LogP contribution in [-0.2, 0) is 0 Å². The quantitative estimate of drug-likeness (QED) is 0.757. The minimum Gasteiger partial charge on any atom is -0.351 e. The van der Waals surface area contributed by atoms with Crippen LogP contribution < -0.4 is 5.73 Å². The molecule has 1 saturated heterocycles. The molecule has 0 aliphatic carbocycles. The molecule has 25 heavy (non-hydrogen) atoms. The number of piperidine rings is 1. The molecule has 0 atom stereocenters. The van der Waals surface area contributed by atoms with Gasteiger partial charge in [-0.15, -0.1) is 0 Å². The summed E-state index contributed by atoms with van der Waals surface area (Å²) >= 11 is 6.02. The molecule has 2 amide bonds. The van der Waals surface area contributed by atoms with Gasteiger partial charge in [-0.2, -0.15) is 0 Å². The number of halogens is 1. The molecule has 128 valence electrons. The first-order chi connectivity index (χ1) is 12.1. The Morgan fingerprint density at radius 3 is 2.56 bits per heavy atom. The molecular weight excluding hydrogens is 336 g/mol. The summed E-state index contributed by atoms with van der Waals surface area (Å²) in [4.78, 5) is 17.4. The zero-order valence-corrected chi connectivity index (χ0v) is 14.5. The number of benzene rings is 1. The second-order valence-corrected chi connectivity index (χ2v) is 6.86. The summed E-state index contributed by atoms with van der Waals surface area (Å²) in [6.07, 6.45) is 7.76. The monoisotopic (exact) mass is 354 g/mol. The van der Waals surface area contributed by atoms with E-state index in [0.29, 0.717) is 19.0 Å². The normalized spacial score (nSPS) is 15.6. The van der Waals surface area contributed by atoms with Crippen LogP contribution in [0.5, 0.6) is 0 Å². The third-order valence-corrected chi connectivity index (χ3v) is 5.24. The second-order valence-electron chi connectivity index (χ2n) is 6.42. The van der Waals surface area contributed by atoms with Crippen molar-refractivity contribution in [1.29, 1.82) is 0 Å². The van der Waals surface area contributed by atoms with Crippen LogP contribution in [0.2, 0.25) is 5.02 Å². The van der Waals surface area contributed by atoms with Gasteiger partial charge in [0, 0.05) is 41.6 Å². The molecule has 0 radical (unpaired) electrons. The molecule has 0 bridgehead atoms. The van der Waals surface area contributed by atoms with E-state index in [2.05, 4.69) is 21.8 Å². The lowest BCUT2D eigenvalue weighted by Crippen LogP contribution is -2.41. The Kier molecular flexibility index (Phi) is 4.09. The van der Waals surface area contributed by atoms with Gasteiger partial charge in [-0.05, 0) is 54.7 Å². The minimum atomic E-state index is -0.328.